The van der Waals surface area contributed by atoms with E-state index in [-0.39, 0.29) is 0 Å². The minimum absolute atomic E-state index is 0.529. The van der Waals surface area contributed by atoms with Gasteiger partial charge in [0.15, 0.2) is 5.82 Å². The van der Waals surface area contributed by atoms with E-state index in [9.17, 15) is 0 Å². The van der Waals surface area contributed by atoms with Crippen molar-refractivity contribution in [1.29, 1.82) is 0 Å². The molecule has 0 amide bonds. The molecule has 0 aliphatic heterocycles. The average molecular weight is 310 g/mol. The van der Waals surface area contributed by atoms with Crippen LogP contribution in [-0.4, -0.2) is 18.1 Å². The molecule has 0 bridgehead atoms. The number of halogens is 2. The quantitative estimate of drug-likeness (QED) is 0.900. The molecule has 0 unspecified atom stereocenters. The Balaban J connectivity index is 2.38. The summed E-state index contributed by atoms with van der Waals surface area (Å²) in [4.78, 5) is 6.41. The van der Waals surface area contributed by atoms with Gasteiger partial charge in [0, 0.05) is 18.4 Å². The molecule has 0 aliphatic carbocycles. The van der Waals surface area contributed by atoms with E-state index in [1.165, 1.54) is 5.56 Å². The molecule has 2 aromatic rings. The molecule has 0 aliphatic rings. The van der Waals surface area contributed by atoms with Crippen LogP contribution >= 0.6 is 23.2 Å². The predicted octanol–water partition coefficient (Wildman–Crippen LogP) is 4.18. The fourth-order valence-electron chi connectivity index (χ4n) is 1.94. The minimum Gasteiger partial charge on any atom is -0.330 e. The number of aryl methyl sites for hydroxylation is 1. The molecule has 1 heterocycles. The molecule has 3 nitrogen and oxygen atoms in total. The summed E-state index contributed by atoms with van der Waals surface area (Å²) in [5.41, 5.74) is 7.87. The predicted molar refractivity (Wildman–Crippen MR) is 86.1 cm³/mol. The van der Waals surface area contributed by atoms with E-state index >= 15 is 0 Å². The Hall–Kier alpha value is -1.29. The van der Waals surface area contributed by atoms with Crippen molar-refractivity contribution in [2.45, 2.75) is 13.3 Å². The van der Waals surface area contributed by atoms with Crippen molar-refractivity contribution in [3.63, 3.8) is 0 Å². The fourth-order valence-corrected chi connectivity index (χ4v) is 2.42. The molecular formula is C15H17Cl2N3. The molecule has 1 aromatic heterocycles. The van der Waals surface area contributed by atoms with Gasteiger partial charge >= 0.3 is 0 Å². The van der Waals surface area contributed by atoms with Crippen LogP contribution in [0.1, 0.15) is 12.0 Å². The Kier molecular flexibility index (Phi) is 5.24. The summed E-state index contributed by atoms with van der Waals surface area (Å²) in [7, 11) is 0. The van der Waals surface area contributed by atoms with Gasteiger partial charge in [-0.3, -0.25) is 0 Å². The topological polar surface area (TPSA) is 42.1 Å². The molecule has 0 atom stereocenters. The second-order valence-electron chi connectivity index (χ2n) is 4.59. The molecule has 0 radical (unpaired) electrons. The summed E-state index contributed by atoms with van der Waals surface area (Å²) in [5, 5.41) is 1.07. The third-order valence-electron chi connectivity index (χ3n) is 2.98. The monoisotopic (exact) mass is 309 g/mol. The molecule has 2 rings (SSSR count). The maximum absolute atomic E-state index is 6.26. The molecule has 0 saturated heterocycles. The van der Waals surface area contributed by atoms with Gasteiger partial charge in [-0.2, -0.15) is 0 Å². The van der Waals surface area contributed by atoms with E-state index in [0.717, 1.165) is 18.7 Å². The van der Waals surface area contributed by atoms with E-state index in [1.807, 2.05) is 0 Å². The Morgan fingerprint density at radius 3 is 2.50 bits per heavy atom. The van der Waals surface area contributed by atoms with Crippen molar-refractivity contribution >= 4 is 34.7 Å². The zero-order valence-electron chi connectivity index (χ0n) is 11.3. The highest BCUT2D eigenvalue weighted by Gasteiger charge is 2.14. The fraction of sp³-hybridized carbons (Fsp3) is 0.267. The van der Waals surface area contributed by atoms with Gasteiger partial charge in [0.2, 0.25) is 0 Å². The van der Waals surface area contributed by atoms with Crippen molar-refractivity contribution < 1.29 is 0 Å². The molecule has 106 valence electrons. The summed E-state index contributed by atoms with van der Waals surface area (Å²) >= 11 is 12.2. The highest BCUT2D eigenvalue weighted by Crippen LogP contribution is 2.31. The van der Waals surface area contributed by atoms with Crippen LogP contribution in [0.5, 0.6) is 0 Å². The number of nitrogens with two attached hydrogens (primary N) is 1. The van der Waals surface area contributed by atoms with Gasteiger partial charge in [-0.25, -0.2) is 4.98 Å². The number of benzene rings is 1. The van der Waals surface area contributed by atoms with Crippen LogP contribution in [0, 0.1) is 6.92 Å². The summed E-state index contributed by atoms with van der Waals surface area (Å²) in [5.74, 6) is 0.702. The van der Waals surface area contributed by atoms with Gasteiger partial charge in [-0.05, 0) is 38.1 Å². The van der Waals surface area contributed by atoms with Gasteiger partial charge in [0.1, 0.15) is 0 Å². The lowest BCUT2D eigenvalue weighted by Crippen LogP contribution is -2.22. The summed E-state index contributed by atoms with van der Waals surface area (Å²) < 4.78 is 0. The Morgan fingerprint density at radius 2 is 1.90 bits per heavy atom. The van der Waals surface area contributed by atoms with Crippen LogP contribution in [0.2, 0.25) is 10.0 Å². The third kappa shape index (κ3) is 3.63. The average Bonchev–Trinajstić information content (AvgIpc) is 2.42. The number of anilines is 2. The number of hydrogen-bond donors (Lipinski definition) is 1. The van der Waals surface area contributed by atoms with Crippen molar-refractivity contribution in [3.05, 3.63) is 52.1 Å². The van der Waals surface area contributed by atoms with Crippen molar-refractivity contribution in [3.8, 4) is 0 Å². The molecule has 0 saturated carbocycles. The zero-order chi connectivity index (χ0) is 14.5. The third-order valence-corrected chi connectivity index (χ3v) is 3.46. The van der Waals surface area contributed by atoms with Gasteiger partial charge < -0.3 is 10.6 Å². The summed E-state index contributed by atoms with van der Waals surface area (Å²) in [6.07, 6.45) is 2.46. The van der Waals surface area contributed by atoms with Crippen LogP contribution < -0.4 is 10.6 Å². The number of rotatable bonds is 5. The number of aromatic nitrogens is 1. The molecule has 1 aromatic carbocycles. The van der Waals surface area contributed by atoms with E-state index in [4.69, 9.17) is 28.9 Å². The molecule has 5 heteroatoms. The first-order valence-corrected chi connectivity index (χ1v) is 7.22. The van der Waals surface area contributed by atoms with Gasteiger partial charge in [0.05, 0.1) is 10.0 Å². The molecule has 2 N–H and O–H groups in total. The lowest BCUT2D eigenvalue weighted by molar-refractivity contribution is 0.810. The maximum atomic E-state index is 6.26. The van der Waals surface area contributed by atoms with Crippen LogP contribution in [0.25, 0.3) is 0 Å². The van der Waals surface area contributed by atoms with Crippen molar-refractivity contribution in [1.82, 2.24) is 4.98 Å². The van der Waals surface area contributed by atoms with Crippen LogP contribution in [-0.2, 0) is 0 Å². The van der Waals surface area contributed by atoms with Crippen molar-refractivity contribution in [2.75, 3.05) is 18.0 Å². The van der Waals surface area contributed by atoms with Crippen LogP contribution in [0.15, 0.2) is 36.5 Å². The van der Waals surface area contributed by atoms with Gasteiger partial charge in [-0.1, -0.05) is 40.9 Å². The molecule has 20 heavy (non-hydrogen) atoms. The molecular weight excluding hydrogens is 293 g/mol. The van der Waals surface area contributed by atoms with E-state index < -0.39 is 0 Å². The molecule has 0 spiro atoms. The highest BCUT2D eigenvalue weighted by atomic mass is 35.5. The minimum atomic E-state index is 0.529. The lowest BCUT2D eigenvalue weighted by atomic mass is 10.2. The van der Waals surface area contributed by atoms with E-state index in [0.29, 0.717) is 22.4 Å². The van der Waals surface area contributed by atoms with Gasteiger partial charge in [-0.15, -0.1) is 0 Å². The second kappa shape index (κ2) is 6.93. The zero-order valence-corrected chi connectivity index (χ0v) is 12.8. The van der Waals surface area contributed by atoms with Crippen LogP contribution in [0.3, 0.4) is 0 Å². The number of hydrogen-bond acceptors (Lipinski definition) is 3. The van der Waals surface area contributed by atoms with E-state index in [2.05, 4.69) is 41.1 Å². The van der Waals surface area contributed by atoms with Crippen molar-refractivity contribution in [2.24, 2.45) is 5.73 Å². The first kappa shape index (κ1) is 15.1. The largest absolute Gasteiger partial charge is 0.330 e. The number of nitrogens with zero attached hydrogens (tertiary/aromatic N) is 2. The first-order chi connectivity index (χ1) is 9.61. The Morgan fingerprint density at radius 1 is 1.20 bits per heavy atom. The highest BCUT2D eigenvalue weighted by molar-refractivity contribution is 6.36. The van der Waals surface area contributed by atoms with Crippen LogP contribution in [0.4, 0.5) is 11.5 Å². The maximum Gasteiger partial charge on any atom is 0.151 e. The van der Waals surface area contributed by atoms with E-state index in [1.54, 1.807) is 12.3 Å². The lowest BCUT2D eigenvalue weighted by Gasteiger charge is -2.24. The smallest absolute Gasteiger partial charge is 0.151 e. The van der Waals surface area contributed by atoms with Gasteiger partial charge in [0.25, 0.3) is 0 Å². The second-order valence-corrected chi connectivity index (χ2v) is 5.43. The molecule has 0 fully saturated rings. The standard InChI is InChI=1S/C15H17Cl2N3/c1-11-3-5-13(6-4-11)20(8-2-7-18)15-14(17)9-12(16)10-19-15/h3-6,9-10H,2,7-8,18H2,1H3. The summed E-state index contributed by atoms with van der Waals surface area (Å²) in [6, 6.07) is 9.94. The Labute approximate surface area is 129 Å². The normalized spacial score (nSPS) is 10.6. The first-order valence-electron chi connectivity index (χ1n) is 6.47. The SMILES string of the molecule is Cc1ccc(N(CCCN)c2ncc(Cl)cc2Cl)cc1. The number of pyridine rings is 1. The summed E-state index contributed by atoms with van der Waals surface area (Å²) in [6.45, 7) is 3.43. The Bertz CT molecular complexity index is 570.